The van der Waals surface area contributed by atoms with Gasteiger partial charge in [0.2, 0.25) is 0 Å². The number of rotatable bonds is 6. The van der Waals surface area contributed by atoms with Crippen LogP contribution in [0.3, 0.4) is 0 Å². The number of carbonyl (C=O) groups is 1. The quantitative estimate of drug-likeness (QED) is 0.311. The zero-order valence-corrected chi connectivity index (χ0v) is 20.7. The Bertz CT molecular complexity index is 1690. The number of nitrogens with one attached hydrogen (secondary N) is 1. The lowest BCUT2D eigenvalue weighted by Gasteiger charge is -2.18. The van der Waals surface area contributed by atoms with Crippen molar-refractivity contribution in [2.24, 2.45) is 0 Å². The van der Waals surface area contributed by atoms with Crippen LogP contribution < -0.4 is 11.1 Å². The van der Waals surface area contributed by atoms with Gasteiger partial charge in [0.25, 0.3) is 5.91 Å². The molecule has 0 aliphatic heterocycles. The van der Waals surface area contributed by atoms with E-state index in [0.717, 1.165) is 52.0 Å². The average Bonchev–Trinajstić information content (AvgIpc) is 3.36. The van der Waals surface area contributed by atoms with Gasteiger partial charge in [-0.3, -0.25) is 9.36 Å². The third kappa shape index (κ3) is 4.57. The first-order valence-corrected chi connectivity index (χ1v) is 12.5. The summed E-state index contributed by atoms with van der Waals surface area (Å²) in [7, 11) is 0. The number of hydrogen-bond acceptors (Lipinski definition) is 5. The number of nitrogens with two attached hydrogens (primary N) is 1. The fraction of sp³-hybridized carbons (Fsp3) is 0.0968. The van der Waals surface area contributed by atoms with Crippen LogP contribution in [-0.2, 0) is 0 Å². The molecular formula is C31H26N6O. The summed E-state index contributed by atoms with van der Waals surface area (Å²) in [5.41, 5.74) is 13.6. The van der Waals surface area contributed by atoms with Crippen molar-refractivity contribution in [1.82, 2.24) is 24.8 Å². The predicted octanol–water partition coefficient (Wildman–Crippen LogP) is 5.73. The van der Waals surface area contributed by atoms with Gasteiger partial charge in [-0.05, 0) is 54.8 Å². The number of hydrogen-bond donors (Lipinski definition) is 2. The van der Waals surface area contributed by atoms with Gasteiger partial charge in [-0.15, -0.1) is 0 Å². The molecule has 7 nitrogen and oxygen atoms in total. The van der Waals surface area contributed by atoms with Crippen LogP contribution in [0.5, 0.6) is 0 Å². The molecule has 3 aromatic heterocycles. The molecule has 0 saturated heterocycles. The van der Waals surface area contributed by atoms with Crippen LogP contribution in [0, 0.1) is 0 Å². The van der Waals surface area contributed by atoms with Crippen molar-refractivity contribution in [2.75, 3.05) is 12.3 Å². The van der Waals surface area contributed by atoms with E-state index >= 15 is 0 Å². The van der Waals surface area contributed by atoms with Crippen LogP contribution >= 0.6 is 0 Å². The maximum absolute atomic E-state index is 12.5. The largest absolute Gasteiger partial charge is 0.383 e. The Morgan fingerprint density at radius 3 is 2.42 bits per heavy atom. The van der Waals surface area contributed by atoms with Gasteiger partial charge in [0.1, 0.15) is 17.2 Å². The number of fused-ring (bicyclic) bond motifs is 1. The fourth-order valence-corrected chi connectivity index (χ4v) is 4.70. The van der Waals surface area contributed by atoms with Gasteiger partial charge in [-0.1, -0.05) is 60.2 Å². The number of amides is 1. The smallest absolute Gasteiger partial charge is 0.251 e. The molecule has 3 N–H and O–H groups in total. The minimum atomic E-state index is -0.0744. The maximum atomic E-state index is 12.5. The second-order valence-electron chi connectivity index (χ2n) is 9.17. The minimum absolute atomic E-state index is 0.0744. The lowest BCUT2D eigenvalue weighted by Crippen LogP contribution is -2.26. The Labute approximate surface area is 220 Å². The van der Waals surface area contributed by atoms with E-state index in [0.29, 0.717) is 23.8 Å². The van der Waals surface area contributed by atoms with Crippen molar-refractivity contribution in [3.63, 3.8) is 0 Å². The second kappa shape index (κ2) is 10.1. The highest BCUT2D eigenvalue weighted by Crippen LogP contribution is 2.34. The molecule has 3 heterocycles. The number of aromatic nitrogens is 4. The molecule has 0 fully saturated rings. The lowest BCUT2D eigenvalue weighted by atomic mass is 10.0. The SMILES string of the molecule is Nc1ncccc1-c1nc2cc(-c3ccccc3)cnc2n1C1=CC=C(CNC(=O)c2ccccc2)CC1. The van der Waals surface area contributed by atoms with Crippen molar-refractivity contribution in [1.29, 1.82) is 0 Å². The molecular weight excluding hydrogens is 472 g/mol. The molecule has 1 amide bonds. The van der Waals surface area contributed by atoms with Gasteiger partial charge < -0.3 is 11.1 Å². The summed E-state index contributed by atoms with van der Waals surface area (Å²) in [6.07, 6.45) is 9.30. The first kappa shape index (κ1) is 23.4. The zero-order chi connectivity index (χ0) is 25.9. The molecule has 0 unspecified atom stereocenters. The number of carbonyl (C=O) groups excluding carboxylic acids is 1. The van der Waals surface area contributed by atoms with Crippen molar-refractivity contribution >= 4 is 28.6 Å². The van der Waals surface area contributed by atoms with Gasteiger partial charge >= 0.3 is 0 Å². The molecule has 0 saturated carbocycles. The normalized spacial score (nSPS) is 13.2. The Hall–Kier alpha value is -5.04. The van der Waals surface area contributed by atoms with Crippen molar-refractivity contribution in [3.8, 4) is 22.5 Å². The third-order valence-corrected chi connectivity index (χ3v) is 6.70. The Morgan fingerprint density at radius 1 is 0.895 bits per heavy atom. The summed E-state index contributed by atoms with van der Waals surface area (Å²) in [4.78, 5) is 26.6. The lowest BCUT2D eigenvalue weighted by molar-refractivity contribution is 0.0956. The van der Waals surface area contributed by atoms with E-state index in [4.69, 9.17) is 15.7 Å². The van der Waals surface area contributed by atoms with Crippen LogP contribution in [-0.4, -0.2) is 32.0 Å². The molecule has 1 aliphatic rings. The maximum Gasteiger partial charge on any atom is 0.251 e. The van der Waals surface area contributed by atoms with Crippen molar-refractivity contribution < 1.29 is 4.79 Å². The van der Waals surface area contributed by atoms with Crippen molar-refractivity contribution in [3.05, 3.63) is 115 Å². The third-order valence-electron chi connectivity index (χ3n) is 6.70. The molecule has 0 radical (unpaired) electrons. The van der Waals surface area contributed by atoms with Crippen LogP contribution in [0.15, 0.2) is 109 Å². The topological polar surface area (TPSA) is 98.7 Å². The number of allylic oxidation sites excluding steroid dienone is 3. The first-order valence-electron chi connectivity index (χ1n) is 12.5. The summed E-state index contributed by atoms with van der Waals surface area (Å²) < 4.78 is 2.08. The van der Waals surface area contributed by atoms with E-state index in [9.17, 15) is 4.79 Å². The molecule has 0 atom stereocenters. The van der Waals surface area contributed by atoms with E-state index < -0.39 is 0 Å². The molecule has 0 bridgehead atoms. The number of nitrogens with zero attached hydrogens (tertiary/aromatic N) is 4. The zero-order valence-electron chi connectivity index (χ0n) is 20.7. The minimum Gasteiger partial charge on any atom is -0.383 e. The number of imidazole rings is 1. The van der Waals surface area contributed by atoms with Crippen LogP contribution in [0.4, 0.5) is 5.82 Å². The van der Waals surface area contributed by atoms with E-state index in [2.05, 4.69) is 45.2 Å². The van der Waals surface area contributed by atoms with Gasteiger partial charge in [-0.25, -0.2) is 15.0 Å². The first-order chi connectivity index (χ1) is 18.7. The molecule has 0 spiro atoms. The number of nitrogen functional groups attached to an aromatic ring is 1. The number of anilines is 1. The second-order valence-corrected chi connectivity index (χ2v) is 9.17. The van der Waals surface area contributed by atoms with Gasteiger partial charge in [0, 0.05) is 35.8 Å². The highest BCUT2D eigenvalue weighted by molar-refractivity contribution is 5.94. The fourth-order valence-electron chi connectivity index (χ4n) is 4.70. The molecule has 1 aliphatic carbocycles. The molecule has 6 rings (SSSR count). The highest BCUT2D eigenvalue weighted by atomic mass is 16.1. The van der Waals surface area contributed by atoms with Gasteiger partial charge in [-0.2, -0.15) is 0 Å². The Balaban J connectivity index is 1.36. The Morgan fingerprint density at radius 2 is 1.68 bits per heavy atom. The molecule has 5 aromatic rings. The summed E-state index contributed by atoms with van der Waals surface area (Å²) in [6, 6.07) is 25.3. The van der Waals surface area contributed by atoms with E-state index in [-0.39, 0.29) is 5.91 Å². The van der Waals surface area contributed by atoms with Gasteiger partial charge in [0.15, 0.2) is 5.65 Å². The summed E-state index contributed by atoms with van der Waals surface area (Å²) >= 11 is 0. The number of pyridine rings is 2. The average molecular weight is 499 g/mol. The van der Waals surface area contributed by atoms with E-state index in [1.165, 1.54) is 0 Å². The molecule has 186 valence electrons. The predicted molar refractivity (Wildman–Crippen MR) is 151 cm³/mol. The van der Waals surface area contributed by atoms with Crippen LogP contribution in [0.25, 0.3) is 39.4 Å². The molecule has 7 heteroatoms. The number of benzene rings is 2. The Kier molecular flexibility index (Phi) is 6.24. The molecule has 2 aromatic carbocycles. The van der Waals surface area contributed by atoms with Crippen LogP contribution in [0.2, 0.25) is 0 Å². The standard InChI is InChI=1S/C31H26N6O/c32-28-26(12-7-17-33-28)29-36-27-18-24(22-8-3-1-4-9-22)20-34-30(27)37(29)25-15-13-21(14-16-25)19-35-31(38)23-10-5-2-6-11-23/h1-13,15,17-18,20H,14,16,19H2,(H2,32,33)(H,35,38). The molecule has 38 heavy (non-hydrogen) atoms. The van der Waals surface area contributed by atoms with Gasteiger partial charge in [0.05, 0.1) is 5.56 Å². The summed E-state index contributed by atoms with van der Waals surface area (Å²) in [5.74, 6) is 1.06. The monoisotopic (exact) mass is 498 g/mol. The van der Waals surface area contributed by atoms with E-state index in [1.54, 1.807) is 6.20 Å². The van der Waals surface area contributed by atoms with Crippen molar-refractivity contribution in [2.45, 2.75) is 12.8 Å². The summed E-state index contributed by atoms with van der Waals surface area (Å²) in [5, 5.41) is 3.02. The highest BCUT2D eigenvalue weighted by Gasteiger charge is 2.21. The van der Waals surface area contributed by atoms with Crippen LogP contribution in [0.1, 0.15) is 23.2 Å². The summed E-state index contributed by atoms with van der Waals surface area (Å²) in [6.45, 7) is 0.503. The van der Waals surface area contributed by atoms with E-state index in [1.807, 2.05) is 66.9 Å².